The predicted molar refractivity (Wildman–Crippen MR) is 64.0 cm³/mol. The molecule has 0 unspecified atom stereocenters. The molecule has 0 radical (unpaired) electrons. The molecule has 0 atom stereocenters. The van der Waals surface area contributed by atoms with Crippen LogP contribution in [-0.4, -0.2) is 22.7 Å². The molecule has 0 saturated heterocycles. The van der Waals surface area contributed by atoms with Crippen LogP contribution in [0.1, 0.15) is 10.4 Å². The van der Waals surface area contributed by atoms with Crippen molar-refractivity contribution in [3.63, 3.8) is 0 Å². The Labute approximate surface area is 97.4 Å². The molecular formula is C13H10N2O2. The Morgan fingerprint density at radius 3 is 2.88 bits per heavy atom. The van der Waals surface area contributed by atoms with Gasteiger partial charge in [-0.05, 0) is 18.2 Å². The number of carbonyl (C=O) groups is 1. The topological polar surface area (TPSA) is 43.6 Å². The van der Waals surface area contributed by atoms with Gasteiger partial charge in [-0.2, -0.15) is 5.10 Å². The molecule has 0 bridgehead atoms. The van der Waals surface area contributed by atoms with Crippen molar-refractivity contribution in [2.24, 2.45) is 0 Å². The van der Waals surface area contributed by atoms with Gasteiger partial charge in [-0.25, -0.2) is 9.31 Å². The summed E-state index contributed by atoms with van der Waals surface area (Å²) in [6.45, 7) is 0. The third-order valence-corrected chi connectivity index (χ3v) is 2.75. The zero-order valence-corrected chi connectivity index (χ0v) is 9.25. The van der Waals surface area contributed by atoms with Gasteiger partial charge in [-0.3, -0.25) is 0 Å². The molecule has 2 heterocycles. The first kappa shape index (κ1) is 9.84. The molecule has 0 saturated carbocycles. The number of hydrogen-bond acceptors (Lipinski definition) is 3. The van der Waals surface area contributed by atoms with Crippen LogP contribution in [0.4, 0.5) is 0 Å². The van der Waals surface area contributed by atoms with Gasteiger partial charge in [0.2, 0.25) is 0 Å². The van der Waals surface area contributed by atoms with E-state index in [0.29, 0.717) is 5.56 Å². The highest BCUT2D eigenvalue weighted by atomic mass is 16.5. The fourth-order valence-corrected chi connectivity index (χ4v) is 2.00. The van der Waals surface area contributed by atoms with Gasteiger partial charge in [0.1, 0.15) is 0 Å². The van der Waals surface area contributed by atoms with Crippen LogP contribution < -0.4 is 0 Å². The number of methoxy groups -OCH3 is 1. The number of pyridine rings is 1. The summed E-state index contributed by atoms with van der Waals surface area (Å²) < 4.78 is 6.49. The van der Waals surface area contributed by atoms with E-state index in [-0.39, 0.29) is 5.97 Å². The molecule has 17 heavy (non-hydrogen) atoms. The summed E-state index contributed by atoms with van der Waals surface area (Å²) in [4.78, 5) is 11.7. The predicted octanol–water partition coefficient (Wildman–Crippen LogP) is 2.27. The van der Waals surface area contributed by atoms with Crippen LogP contribution in [0.5, 0.6) is 0 Å². The minimum Gasteiger partial charge on any atom is -0.465 e. The highest BCUT2D eigenvalue weighted by molar-refractivity contribution is 6.06. The van der Waals surface area contributed by atoms with Crippen molar-refractivity contribution < 1.29 is 9.53 Å². The molecule has 4 heteroatoms. The van der Waals surface area contributed by atoms with Gasteiger partial charge in [0, 0.05) is 11.6 Å². The second-order valence-electron chi connectivity index (χ2n) is 3.72. The van der Waals surface area contributed by atoms with Gasteiger partial charge < -0.3 is 4.74 Å². The Kier molecular flexibility index (Phi) is 2.08. The van der Waals surface area contributed by atoms with E-state index in [9.17, 15) is 4.79 Å². The molecular weight excluding hydrogens is 216 g/mol. The second kappa shape index (κ2) is 3.59. The molecule has 4 nitrogen and oxygen atoms in total. The van der Waals surface area contributed by atoms with E-state index < -0.39 is 0 Å². The van der Waals surface area contributed by atoms with Crippen molar-refractivity contribution in [3.05, 3.63) is 48.2 Å². The molecule has 0 amide bonds. The van der Waals surface area contributed by atoms with Crippen molar-refractivity contribution in [2.45, 2.75) is 0 Å². The number of nitrogens with zero attached hydrogens (tertiary/aromatic N) is 2. The van der Waals surface area contributed by atoms with Crippen LogP contribution in [0.2, 0.25) is 0 Å². The second-order valence-corrected chi connectivity index (χ2v) is 3.72. The summed E-state index contributed by atoms with van der Waals surface area (Å²) in [6, 6.07) is 11.2. The molecule has 0 aliphatic rings. The maximum Gasteiger partial charge on any atom is 0.340 e. The van der Waals surface area contributed by atoms with Gasteiger partial charge in [-0.15, -0.1) is 0 Å². The lowest BCUT2D eigenvalue weighted by Gasteiger charge is -2.01. The maximum absolute atomic E-state index is 11.7. The number of fused-ring (bicyclic) bond motifs is 3. The van der Waals surface area contributed by atoms with Crippen LogP contribution in [0, 0.1) is 0 Å². The summed E-state index contributed by atoms with van der Waals surface area (Å²) >= 11 is 0. The molecule has 3 rings (SSSR count). The van der Waals surface area contributed by atoms with Gasteiger partial charge in [0.05, 0.1) is 23.7 Å². The van der Waals surface area contributed by atoms with E-state index in [1.807, 2.05) is 30.5 Å². The number of hydrogen-bond donors (Lipinski definition) is 0. The first-order valence-electron chi connectivity index (χ1n) is 5.25. The van der Waals surface area contributed by atoms with E-state index in [1.54, 1.807) is 16.6 Å². The van der Waals surface area contributed by atoms with Crippen LogP contribution in [0.25, 0.3) is 16.4 Å². The summed E-state index contributed by atoms with van der Waals surface area (Å²) in [7, 11) is 1.38. The van der Waals surface area contributed by atoms with E-state index in [0.717, 1.165) is 16.4 Å². The Morgan fingerprint density at radius 2 is 2.06 bits per heavy atom. The quantitative estimate of drug-likeness (QED) is 0.598. The third kappa shape index (κ3) is 1.38. The molecule has 84 valence electrons. The Balaban J connectivity index is 2.47. The fourth-order valence-electron chi connectivity index (χ4n) is 2.00. The summed E-state index contributed by atoms with van der Waals surface area (Å²) in [6.07, 6.45) is 1.82. The Hall–Kier alpha value is -2.36. The van der Waals surface area contributed by atoms with Gasteiger partial charge in [-0.1, -0.05) is 18.2 Å². The number of esters is 1. The standard InChI is InChI=1S/C13H10N2O2/c1-17-13(16)10-6-4-8-15-12(10)9-5-2-3-7-11(9)14-15/h2-8H,1H3. The lowest BCUT2D eigenvalue weighted by molar-refractivity contribution is 0.0602. The van der Waals surface area contributed by atoms with Gasteiger partial charge >= 0.3 is 5.97 Å². The van der Waals surface area contributed by atoms with E-state index in [1.165, 1.54) is 7.11 Å². The van der Waals surface area contributed by atoms with Crippen molar-refractivity contribution >= 4 is 22.4 Å². The molecule has 0 spiro atoms. The molecule has 0 N–H and O–H groups in total. The number of rotatable bonds is 1. The Morgan fingerprint density at radius 1 is 1.24 bits per heavy atom. The third-order valence-electron chi connectivity index (χ3n) is 2.75. The molecule has 3 aromatic rings. The molecule has 0 aliphatic carbocycles. The number of ether oxygens (including phenoxy) is 1. The largest absolute Gasteiger partial charge is 0.465 e. The maximum atomic E-state index is 11.7. The first-order valence-corrected chi connectivity index (χ1v) is 5.25. The first-order chi connectivity index (χ1) is 8.31. The highest BCUT2D eigenvalue weighted by Gasteiger charge is 2.14. The molecule has 0 aliphatic heterocycles. The molecule has 0 fully saturated rings. The zero-order chi connectivity index (χ0) is 11.8. The van der Waals surface area contributed by atoms with E-state index in [2.05, 4.69) is 5.10 Å². The lowest BCUT2D eigenvalue weighted by atomic mass is 10.1. The van der Waals surface area contributed by atoms with Gasteiger partial charge in [0.25, 0.3) is 0 Å². The zero-order valence-electron chi connectivity index (χ0n) is 9.25. The SMILES string of the molecule is COC(=O)c1cccn2nc3ccccc3c12. The number of carbonyl (C=O) groups excluding carboxylic acids is 1. The summed E-state index contributed by atoms with van der Waals surface area (Å²) in [5.74, 6) is -0.346. The number of benzene rings is 1. The van der Waals surface area contributed by atoms with E-state index in [4.69, 9.17) is 4.74 Å². The van der Waals surface area contributed by atoms with E-state index >= 15 is 0 Å². The van der Waals surface area contributed by atoms with Crippen LogP contribution in [-0.2, 0) is 4.74 Å². The van der Waals surface area contributed by atoms with Crippen molar-refractivity contribution in [2.75, 3.05) is 7.11 Å². The minimum atomic E-state index is -0.346. The smallest absolute Gasteiger partial charge is 0.340 e. The normalized spacial score (nSPS) is 10.9. The van der Waals surface area contributed by atoms with Gasteiger partial charge in [0.15, 0.2) is 0 Å². The monoisotopic (exact) mass is 226 g/mol. The Bertz CT molecular complexity index is 716. The van der Waals surface area contributed by atoms with Crippen LogP contribution in [0.3, 0.4) is 0 Å². The fraction of sp³-hybridized carbons (Fsp3) is 0.0769. The average Bonchev–Trinajstić information content (AvgIpc) is 2.76. The number of aromatic nitrogens is 2. The average molecular weight is 226 g/mol. The lowest BCUT2D eigenvalue weighted by Crippen LogP contribution is -2.03. The summed E-state index contributed by atoms with van der Waals surface area (Å²) in [5.41, 5.74) is 2.18. The van der Waals surface area contributed by atoms with Crippen molar-refractivity contribution in [3.8, 4) is 0 Å². The highest BCUT2D eigenvalue weighted by Crippen LogP contribution is 2.22. The summed E-state index contributed by atoms with van der Waals surface area (Å²) in [5, 5.41) is 5.35. The molecule has 2 aromatic heterocycles. The van der Waals surface area contributed by atoms with Crippen molar-refractivity contribution in [1.29, 1.82) is 0 Å². The minimum absolute atomic E-state index is 0.346. The van der Waals surface area contributed by atoms with Crippen molar-refractivity contribution in [1.82, 2.24) is 9.61 Å². The molecule has 1 aromatic carbocycles. The van der Waals surface area contributed by atoms with Crippen LogP contribution >= 0.6 is 0 Å². The van der Waals surface area contributed by atoms with Crippen LogP contribution in [0.15, 0.2) is 42.6 Å².